The van der Waals surface area contributed by atoms with E-state index in [0.717, 1.165) is 38.7 Å². The molecule has 0 unspecified atom stereocenters. The Morgan fingerprint density at radius 2 is 1.25 bits per heavy atom. The van der Waals surface area contributed by atoms with Crippen molar-refractivity contribution in [1.82, 2.24) is 14.6 Å². The zero-order valence-corrected chi connectivity index (χ0v) is 15.7. The summed E-state index contributed by atoms with van der Waals surface area (Å²) in [5.41, 5.74) is 6.46. The number of fused-ring (bicyclic) bond motifs is 1. The predicted molar refractivity (Wildman–Crippen MR) is 114 cm³/mol. The fraction of sp³-hybridized carbons (Fsp3) is 0. The van der Waals surface area contributed by atoms with Crippen LogP contribution in [0.3, 0.4) is 0 Å². The number of hydrogen-bond donors (Lipinski definition) is 0. The lowest BCUT2D eigenvalue weighted by Crippen LogP contribution is -1.86. The number of halogens is 1. The van der Waals surface area contributed by atoms with Gasteiger partial charge in [0.15, 0.2) is 11.5 Å². The van der Waals surface area contributed by atoms with Crippen molar-refractivity contribution in [2.45, 2.75) is 0 Å². The molecule has 0 amide bonds. The van der Waals surface area contributed by atoms with Gasteiger partial charge in [0.25, 0.3) is 0 Å². The first-order valence-corrected chi connectivity index (χ1v) is 9.42. The van der Waals surface area contributed by atoms with Crippen LogP contribution in [0.5, 0.6) is 0 Å². The van der Waals surface area contributed by atoms with Gasteiger partial charge < -0.3 is 0 Å². The van der Waals surface area contributed by atoms with E-state index in [2.05, 4.69) is 46.5 Å². The van der Waals surface area contributed by atoms with Crippen LogP contribution in [-0.2, 0) is 0 Å². The molecule has 0 N–H and O–H groups in total. The largest absolute Gasteiger partial charge is 0.221 e. The number of hydrogen-bond acceptors (Lipinski definition) is 2. The maximum absolute atomic E-state index is 5.98. The summed E-state index contributed by atoms with van der Waals surface area (Å²) in [7, 11) is 0. The van der Waals surface area contributed by atoms with Crippen LogP contribution in [0.25, 0.3) is 39.3 Å². The zero-order chi connectivity index (χ0) is 18.9. The lowest BCUT2D eigenvalue weighted by molar-refractivity contribution is 0.966. The molecule has 0 aliphatic heterocycles. The highest BCUT2D eigenvalue weighted by molar-refractivity contribution is 6.30. The number of aromatic nitrogens is 3. The summed E-state index contributed by atoms with van der Waals surface area (Å²) in [6, 6.07) is 30.6. The zero-order valence-electron chi connectivity index (χ0n) is 15.0. The third kappa shape index (κ3) is 3.17. The van der Waals surface area contributed by atoms with Gasteiger partial charge in [0, 0.05) is 16.8 Å². The molecule has 134 valence electrons. The Morgan fingerprint density at radius 3 is 1.96 bits per heavy atom. The van der Waals surface area contributed by atoms with Gasteiger partial charge in [-0.1, -0.05) is 72.3 Å². The predicted octanol–water partition coefficient (Wildman–Crippen LogP) is 6.38. The molecule has 0 aliphatic rings. The Hall–Kier alpha value is -3.43. The molecule has 0 spiro atoms. The van der Waals surface area contributed by atoms with E-state index in [1.165, 1.54) is 5.56 Å². The van der Waals surface area contributed by atoms with Gasteiger partial charge in [-0.3, -0.25) is 0 Å². The Morgan fingerprint density at radius 1 is 0.607 bits per heavy atom. The Kier molecular flexibility index (Phi) is 4.15. The molecule has 0 fully saturated rings. The van der Waals surface area contributed by atoms with E-state index < -0.39 is 0 Å². The van der Waals surface area contributed by atoms with Gasteiger partial charge in [0.2, 0.25) is 0 Å². The lowest BCUT2D eigenvalue weighted by Gasteiger charge is -2.06. The van der Waals surface area contributed by atoms with Gasteiger partial charge >= 0.3 is 0 Å². The molecule has 0 saturated heterocycles. The summed E-state index contributed by atoms with van der Waals surface area (Å²) >= 11 is 5.98. The highest BCUT2D eigenvalue weighted by Gasteiger charge is 2.08. The second kappa shape index (κ2) is 6.95. The third-order valence-corrected chi connectivity index (χ3v) is 5.01. The van der Waals surface area contributed by atoms with Crippen molar-refractivity contribution >= 4 is 17.2 Å². The first-order valence-electron chi connectivity index (χ1n) is 9.04. The Balaban J connectivity index is 1.48. The van der Waals surface area contributed by atoms with Crippen LogP contribution >= 0.6 is 11.6 Å². The average Bonchev–Trinajstić information content (AvgIpc) is 3.19. The van der Waals surface area contributed by atoms with Gasteiger partial charge in [-0.15, -0.1) is 5.10 Å². The van der Waals surface area contributed by atoms with Crippen molar-refractivity contribution in [3.8, 4) is 33.6 Å². The second-order valence-corrected chi connectivity index (χ2v) is 7.04. The molecular weight excluding hydrogens is 366 g/mol. The molecule has 5 rings (SSSR count). The van der Waals surface area contributed by atoms with Crippen LogP contribution in [0.4, 0.5) is 0 Å². The van der Waals surface area contributed by atoms with Crippen molar-refractivity contribution in [2.24, 2.45) is 0 Å². The maximum atomic E-state index is 5.98. The number of rotatable bonds is 3. The highest BCUT2D eigenvalue weighted by atomic mass is 35.5. The molecule has 3 aromatic carbocycles. The SMILES string of the molecule is Clc1ccc(-c2ccc(-c3cccc(-c4nc5ccccn5n4)c3)cc2)cc1. The molecule has 4 heteroatoms. The van der Waals surface area contributed by atoms with Gasteiger partial charge in [0.05, 0.1) is 0 Å². The topological polar surface area (TPSA) is 30.2 Å². The van der Waals surface area contributed by atoms with Crippen LogP contribution in [0.1, 0.15) is 0 Å². The van der Waals surface area contributed by atoms with Crippen molar-refractivity contribution in [3.63, 3.8) is 0 Å². The van der Waals surface area contributed by atoms with Crippen LogP contribution in [0.15, 0.2) is 97.2 Å². The average molecular weight is 382 g/mol. The van der Waals surface area contributed by atoms with Gasteiger partial charge in [-0.25, -0.2) is 9.50 Å². The second-order valence-electron chi connectivity index (χ2n) is 6.60. The normalized spacial score (nSPS) is 11.0. The minimum atomic E-state index is 0.728. The number of pyridine rings is 1. The number of benzene rings is 3. The van der Waals surface area contributed by atoms with E-state index in [0.29, 0.717) is 0 Å². The van der Waals surface area contributed by atoms with Crippen LogP contribution in [0.2, 0.25) is 5.02 Å². The molecule has 0 bridgehead atoms. The number of nitrogens with zero attached hydrogens (tertiary/aromatic N) is 3. The molecule has 0 aliphatic carbocycles. The van der Waals surface area contributed by atoms with Crippen molar-refractivity contribution in [2.75, 3.05) is 0 Å². The molecule has 0 radical (unpaired) electrons. The van der Waals surface area contributed by atoms with Crippen molar-refractivity contribution in [3.05, 3.63) is 102 Å². The molecule has 0 atom stereocenters. The lowest BCUT2D eigenvalue weighted by atomic mass is 9.99. The smallest absolute Gasteiger partial charge is 0.182 e. The van der Waals surface area contributed by atoms with E-state index >= 15 is 0 Å². The molecule has 28 heavy (non-hydrogen) atoms. The summed E-state index contributed by atoms with van der Waals surface area (Å²) in [6.07, 6.45) is 1.91. The third-order valence-electron chi connectivity index (χ3n) is 4.76. The monoisotopic (exact) mass is 381 g/mol. The summed E-state index contributed by atoms with van der Waals surface area (Å²) in [5.74, 6) is 0.728. The summed E-state index contributed by atoms with van der Waals surface area (Å²) in [4.78, 5) is 4.62. The standard InChI is InChI=1S/C24H16ClN3/c25-22-13-11-18(12-14-22)17-7-9-19(10-8-17)20-4-3-5-21(16-20)24-26-23-6-1-2-15-28(23)27-24/h1-16H. The quantitative estimate of drug-likeness (QED) is 0.362. The first kappa shape index (κ1) is 16.7. The fourth-order valence-corrected chi connectivity index (χ4v) is 3.42. The van der Waals surface area contributed by atoms with Gasteiger partial charge in [-0.05, 0) is 52.6 Å². The van der Waals surface area contributed by atoms with E-state index in [9.17, 15) is 0 Å². The summed E-state index contributed by atoms with van der Waals surface area (Å²) in [5, 5.41) is 5.32. The molecular formula is C24H16ClN3. The van der Waals surface area contributed by atoms with E-state index in [-0.39, 0.29) is 0 Å². The Bertz CT molecular complexity index is 1220. The van der Waals surface area contributed by atoms with E-state index in [1.54, 1.807) is 4.52 Å². The van der Waals surface area contributed by atoms with Crippen LogP contribution < -0.4 is 0 Å². The fourth-order valence-electron chi connectivity index (χ4n) is 3.29. The molecule has 0 saturated carbocycles. The minimum Gasteiger partial charge on any atom is -0.221 e. The Labute approximate surface area is 167 Å². The molecule has 2 aromatic heterocycles. The minimum absolute atomic E-state index is 0.728. The molecule has 3 nitrogen and oxygen atoms in total. The maximum Gasteiger partial charge on any atom is 0.182 e. The van der Waals surface area contributed by atoms with Crippen molar-refractivity contribution in [1.29, 1.82) is 0 Å². The molecule has 2 heterocycles. The summed E-state index contributed by atoms with van der Waals surface area (Å²) < 4.78 is 1.79. The van der Waals surface area contributed by atoms with E-state index in [1.807, 2.05) is 60.8 Å². The first-order chi connectivity index (χ1) is 13.8. The van der Waals surface area contributed by atoms with Crippen LogP contribution in [-0.4, -0.2) is 14.6 Å². The highest BCUT2D eigenvalue weighted by Crippen LogP contribution is 2.28. The van der Waals surface area contributed by atoms with Gasteiger partial charge in [0.1, 0.15) is 0 Å². The van der Waals surface area contributed by atoms with E-state index in [4.69, 9.17) is 11.6 Å². The molecule has 5 aromatic rings. The summed E-state index contributed by atoms with van der Waals surface area (Å²) in [6.45, 7) is 0. The van der Waals surface area contributed by atoms with Gasteiger partial charge in [-0.2, -0.15) is 0 Å². The van der Waals surface area contributed by atoms with Crippen molar-refractivity contribution < 1.29 is 0 Å². The van der Waals surface area contributed by atoms with Crippen LogP contribution in [0, 0.1) is 0 Å².